The molecule has 0 aliphatic carbocycles. The highest BCUT2D eigenvalue weighted by molar-refractivity contribution is 5.85. The Morgan fingerprint density at radius 3 is 2.20 bits per heavy atom. The van der Waals surface area contributed by atoms with Gasteiger partial charge < -0.3 is 15.1 Å². The molecule has 0 aromatic rings. The summed E-state index contributed by atoms with van der Waals surface area (Å²) < 4.78 is 0. The van der Waals surface area contributed by atoms with Crippen molar-refractivity contribution in [3.8, 4) is 0 Å². The Labute approximate surface area is 136 Å². The minimum atomic E-state index is 0. The molecule has 0 atom stereocenters. The SMILES string of the molecule is CCN(CC)CC1CCN(C(=O)CCNC)CC1.Cl.Cl. The topological polar surface area (TPSA) is 35.6 Å². The van der Waals surface area contributed by atoms with Gasteiger partial charge in [-0.2, -0.15) is 0 Å². The van der Waals surface area contributed by atoms with E-state index in [0.717, 1.165) is 38.6 Å². The smallest absolute Gasteiger partial charge is 0.223 e. The molecule has 1 fully saturated rings. The number of likely N-dealkylation sites (tertiary alicyclic amines) is 1. The average Bonchev–Trinajstić information content (AvgIpc) is 2.42. The first-order valence-corrected chi connectivity index (χ1v) is 7.35. The molecule has 1 saturated heterocycles. The predicted molar refractivity (Wildman–Crippen MR) is 90.1 cm³/mol. The number of hydrogen-bond donors (Lipinski definition) is 1. The van der Waals surface area contributed by atoms with E-state index in [4.69, 9.17) is 0 Å². The zero-order valence-electron chi connectivity index (χ0n) is 13.1. The average molecular weight is 328 g/mol. The minimum absolute atomic E-state index is 0. The Balaban J connectivity index is 0. The first-order valence-electron chi connectivity index (χ1n) is 7.35. The van der Waals surface area contributed by atoms with Gasteiger partial charge in [-0.1, -0.05) is 13.8 Å². The molecule has 0 aromatic carbocycles. The van der Waals surface area contributed by atoms with Crippen LogP contribution in [0.4, 0.5) is 0 Å². The Kier molecular flexibility index (Phi) is 14.1. The summed E-state index contributed by atoms with van der Waals surface area (Å²) in [5, 5.41) is 3.03. The largest absolute Gasteiger partial charge is 0.343 e. The van der Waals surface area contributed by atoms with Crippen LogP contribution in [0.3, 0.4) is 0 Å². The van der Waals surface area contributed by atoms with Crippen molar-refractivity contribution in [2.75, 3.05) is 46.3 Å². The maximum absolute atomic E-state index is 11.9. The summed E-state index contributed by atoms with van der Waals surface area (Å²) in [6.45, 7) is 10.6. The number of hydrogen-bond acceptors (Lipinski definition) is 3. The van der Waals surface area contributed by atoms with Crippen LogP contribution in [0.2, 0.25) is 0 Å². The highest BCUT2D eigenvalue weighted by atomic mass is 35.5. The van der Waals surface area contributed by atoms with Crippen LogP contribution in [0.1, 0.15) is 33.1 Å². The Morgan fingerprint density at radius 2 is 1.75 bits per heavy atom. The second-order valence-corrected chi connectivity index (χ2v) is 5.16. The molecule has 0 spiro atoms. The van der Waals surface area contributed by atoms with Gasteiger partial charge >= 0.3 is 0 Å². The molecule has 20 heavy (non-hydrogen) atoms. The number of nitrogens with one attached hydrogen (secondary N) is 1. The Bertz CT molecular complexity index is 243. The summed E-state index contributed by atoms with van der Waals surface area (Å²) in [5.74, 6) is 1.09. The van der Waals surface area contributed by atoms with Crippen molar-refractivity contribution in [3.63, 3.8) is 0 Å². The van der Waals surface area contributed by atoms with Gasteiger partial charge in [0.25, 0.3) is 0 Å². The van der Waals surface area contributed by atoms with Crippen LogP contribution in [0, 0.1) is 5.92 Å². The van der Waals surface area contributed by atoms with E-state index in [1.54, 1.807) is 0 Å². The standard InChI is InChI=1S/C14H29N3O.2ClH/c1-4-16(5-2)12-13-7-10-17(11-8-13)14(18)6-9-15-3;;/h13,15H,4-12H2,1-3H3;2*1H. The van der Waals surface area contributed by atoms with Gasteiger partial charge in [0.2, 0.25) is 5.91 Å². The van der Waals surface area contributed by atoms with Gasteiger partial charge in [0, 0.05) is 32.6 Å². The number of nitrogens with zero attached hydrogens (tertiary/aromatic N) is 2. The van der Waals surface area contributed by atoms with Gasteiger partial charge in [0.15, 0.2) is 0 Å². The van der Waals surface area contributed by atoms with Gasteiger partial charge in [0.05, 0.1) is 0 Å². The summed E-state index contributed by atoms with van der Waals surface area (Å²) in [6.07, 6.45) is 2.97. The van der Waals surface area contributed by atoms with Crippen molar-refractivity contribution in [2.24, 2.45) is 5.92 Å². The van der Waals surface area contributed by atoms with E-state index >= 15 is 0 Å². The number of carbonyl (C=O) groups excluding carboxylic acids is 1. The van der Waals surface area contributed by atoms with Crippen LogP contribution < -0.4 is 5.32 Å². The lowest BCUT2D eigenvalue weighted by Gasteiger charge is -2.34. The monoisotopic (exact) mass is 327 g/mol. The van der Waals surface area contributed by atoms with Crippen LogP contribution >= 0.6 is 24.8 Å². The second kappa shape index (κ2) is 12.7. The number of carbonyl (C=O) groups is 1. The summed E-state index contributed by atoms with van der Waals surface area (Å²) in [6, 6.07) is 0. The van der Waals surface area contributed by atoms with Crippen LogP contribution in [-0.2, 0) is 4.79 Å². The highest BCUT2D eigenvalue weighted by Gasteiger charge is 2.23. The van der Waals surface area contributed by atoms with Crippen molar-refractivity contribution < 1.29 is 4.79 Å². The maximum atomic E-state index is 11.9. The molecule has 1 N–H and O–H groups in total. The van der Waals surface area contributed by atoms with Gasteiger partial charge in [-0.3, -0.25) is 4.79 Å². The highest BCUT2D eigenvalue weighted by Crippen LogP contribution is 2.18. The molecule has 1 amide bonds. The number of amides is 1. The van der Waals surface area contributed by atoms with Crippen LogP contribution in [0.5, 0.6) is 0 Å². The maximum Gasteiger partial charge on any atom is 0.223 e. The van der Waals surface area contributed by atoms with E-state index in [0.29, 0.717) is 12.3 Å². The number of piperidine rings is 1. The van der Waals surface area contributed by atoms with Crippen molar-refractivity contribution in [1.82, 2.24) is 15.1 Å². The normalized spacial score (nSPS) is 15.7. The van der Waals surface area contributed by atoms with Crippen molar-refractivity contribution in [1.29, 1.82) is 0 Å². The molecule has 1 aliphatic rings. The molecule has 4 nitrogen and oxygen atoms in total. The third-order valence-electron chi connectivity index (χ3n) is 3.97. The molecule has 1 aliphatic heterocycles. The first-order chi connectivity index (χ1) is 8.71. The molecule has 0 radical (unpaired) electrons. The molecule has 0 aromatic heterocycles. The van der Waals surface area contributed by atoms with Gasteiger partial charge in [-0.15, -0.1) is 24.8 Å². The quantitative estimate of drug-likeness (QED) is 0.777. The van der Waals surface area contributed by atoms with Gasteiger partial charge in [0.1, 0.15) is 0 Å². The van der Waals surface area contributed by atoms with Crippen LogP contribution in [0.25, 0.3) is 0 Å². The van der Waals surface area contributed by atoms with Crippen molar-refractivity contribution >= 4 is 30.7 Å². The summed E-state index contributed by atoms with van der Waals surface area (Å²) in [5.41, 5.74) is 0. The summed E-state index contributed by atoms with van der Waals surface area (Å²) in [7, 11) is 1.89. The lowest BCUT2D eigenvalue weighted by molar-refractivity contribution is -0.132. The van der Waals surface area contributed by atoms with Gasteiger partial charge in [-0.25, -0.2) is 0 Å². The first kappa shape index (κ1) is 22.3. The number of rotatable bonds is 7. The lowest BCUT2D eigenvalue weighted by atomic mass is 9.96. The molecule has 1 heterocycles. The fraction of sp³-hybridized carbons (Fsp3) is 0.929. The Hall–Kier alpha value is -0.0300. The van der Waals surface area contributed by atoms with Crippen LogP contribution in [-0.4, -0.2) is 62.0 Å². The molecule has 6 heteroatoms. The fourth-order valence-corrected chi connectivity index (χ4v) is 2.60. The van der Waals surface area contributed by atoms with Gasteiger partial charge in [-0.05, 0) is 38.9 Å². The summed E-state index contributed by atoms with van der Waals surface area (Å²) >= 11 is 0. The minimum Gasteiger partial charge on any atom is -0.343 e. The van der Waals surface area contributed by atoms with Crippen molar-refractivity contribution in [3.05, 3.63) is 0 Å². The molecule has 0 bridgehead atoms. The Morgan fingerprint density at radius 1 is 1.20 bits per heavy atom. The molecule has 0 saturated carbocycles. The van der Waals surface area contributed by atoms with E-state index in [1.807, 2.05) is 11.9 Å². The van der Waals surface area contributed by atoms with E-state index < -0.39 is 0 Å². The molecular weight excluding hydrogens is 297 g/mol. The lowest BCUT2D eigenvalue weighted by Crippen LogP contribution is -2.42. The zero-order valence-corrected chi connectivity index (χ0v) is 14.7. The second-order valence-electron chi connectivity index (χ2n) is 5.16. The van der Waals surface area contributed by atoms with Crippen molar-refractivity contribution in [2.45, 2.75) is 33.1 Å². The molecule has 0 unspecified atom stereocenters. The van der Waals surface area contributed by atoms with E-state index in [9.17, 15) is 4.79 Å². The molecule has 122 valence electrons. The molecule has 1 rings (SSSR count). The third-order valence-corrected chi connectivity index (χ3v) is 3.97. The fourth-order valence-electron chi connectivity index (χ4n) is 2.60. The number of halogens is 2. The van der Waals surface area contributed by atoms with E-state index in [2.05, 4.69) is 24.1 Å². The van der Waals surface area contributed by atoms with E-state index in [1.165, 1.54) is 19.4 Å². The zero-order chi connectivity index (χ0) is 13.4. The third kappa shape index (κ3) is 7.67. The van der Waals surface area contributed by atoms with E-state index in [-0.39, 0.29) is 24.8 Å². The summed E-state index contributed by atoms with van der Waals surface area (Å²) in [4.78, 5) is 16.4. The predicted octanol–water partition coefficient (Wildman–Crippen LogP) is 2.02. The molecular formula is C14H31Cl2N3O. The van der Waals surface area contributed by atoms with Crippen LogP contribution in [0.15, 0.2) is 0 Å².